The summed E-state index contributed by atoms with van der Waals surface area (Å²) in [6.07, 6.45) is 2.45. The number of nitrogens with zero attached hydrogens (tertiary/aromatic N) is 1. The Morgan fingerprint density at radius 3 is 3.00 bits per heavy atom. The normalized spacial score (nSPS) is 8.45. The van der Waals surface area contributed by atoms with E-state index in [0.29, 0.717) is 5.88 Å². The van der Waals surface area contributed by atoms with Gasteiger partial charge in [-0.3, -0.25) is 0 Å². The van der Waals surface area contributed by atoms with Crippen LogP contribution < -0.4 is 0 Å². The zero-order valence-electron chi connectivity index (χ0n) is 6.05. The van der Waals surface area contributed by atoms with E-state index >= 15 is 0 Å². The first-order chi connectivity index (χ1) is 5.43. The molecule has 0 aliphatic carbocycles. The smallest absolute Gasteiger partial charge is 0.113 e. The zero-order valence-corrected chi connectivity index (χ0v) is 6.80. The lowest BCUT2D eigenvalue weighted by Gasteiger charge is -1.84. The molecule has 0 amide bonds. The Hall–Kier alpha value is -1.00. The summed E-state index contributed by atoms with van der Waals surface area (Å²) in [4.78, 5) is 4.03. The van der Waals surface area contributed by atoms with Crippen molar-refractivity contribution >= 4 is 11.6 Å². The molecule has 0 saturated carbocycles. The van der Waals surface area contributed by atoms with Crippen LogP contribution in [0, 0.1) is 11.8 Å². The molecular formula is C9H8ClN. The SMILES string of the molecule is ClCCC#Cc1ccccn1. The molecule has 0 atom stereocenters. The Balaban J connectivity index is 2.59. The molecule has 2 heteroatoms. The minimum atomic E-state index is 0.583. The Labute approximate surface area is 71.4 Å². The fourth-order valence-corrected chi connectivity index (χ4v) is 0.731. The van der Waals surface area contributed by atoms with Crippen LogP contribution in [0.4, 0.5) is 0 Å². The zero-order chi connectivity index (χ0) is 7.94. The molecule has 0 N–H and O–H groups in total. The molecule has 1 rings (SSSR count). The molecule has 0 aliphatic heterocycles. The average molecular weight is 166 g/mol. The third-order valence-corrected chi connectivity index (χ3v) is 1.29. The number of hydrogen-bond donors (Lipinski definition) is 0. The van der Waals surface area contributed by atoms with Gasteiger partial charge in [0.25, 0.3) is 0 Å². The van der Waals surface area contributed by atoms with Gasteiger partial charge < -0.3 is 0 Å². The summed E-state index contributed by atoms with van der Waals surface area (Å²) >= 11 is 5.44. The fraction of sp³-hybridized carbons (Fsp3) is 0.222. The average Bonchev–Trinajstić information content (AvgIpc) is 2.07. The molecular weight excluding hydrogens is 158 g/mol. The van der Waals surface area contributed by atoms with E-state index in [9.17, 15) is 0 Å². The lowest BCUT2D eigenvalue weighted by Crippen LogP contribution is -1.78. The van der Waals surface area contributed by atoms with Gasteiger partial charge >= 0.3 is 0 Å². The molecule has 0 aromatic carbocycles. The molecule has 0 aliphatic rings. The highest BCUT2D eigenvalue weighted by Gasteiger charge is 1.81. The summed E-state index contributed by atoms with van der Waals surface area (Å²) in [6, 6.07) is 5.66. The fourth-order valence-electron chi connectivity index (χ4n) is 0.637. The largest absolute Gasteiger partial charge is 0.248 e. The molecule has 1 heterocycles. The summed E-state index contributed by atoms with van der Waals surface area (Å²) in [7, 11) is 0. The van der Waals surface area contributed by atoms with Crippen molar-refractivity contribution in [3.8, 4) is 11.8 Å². The second-order valence-corrected chi connectivity index (χ2v) is 2.33. The van der Waals surface area contributed by atoms with E-state index in [1.807, 2.05) is 18.2 Å². The molecule has 1 aromatic rings. The maximum absolute atomic E-state index is 5.44. The third-order valence-electron chi connectivity index (χ3n) is 1.10. The number of hydrogen-bond acceptors (Lipinski definition) is 1. The van der Waals surface area contributed by atoms with Crippen molar-refractivity contribution in [3.63, 3.8) is 0 Å². The van der Waals surface area contributed by atoms with E-state index in [-0.39, 0.29) is 0 Å². The van der Waals surface area contributed by atoms with Gasteiger partial charge in [0.2, 0.25) is 0 Å². The minimum Gasteiger partial charge on any atom is -0.248 e. The van der Waals surface area contributed by atoms with Gasteiger partial charge in [0, 0.05) is 18.5 Å². The molecule has 0 spiro atoms. The van der Waals surface area contributed by atoms with Crippen LogP contribution in [0.2, 0.25) is 0 Å². The standard InChI is InChI=1S/C9H8ClN/c10-7-3-1-5-9-6-2-4-8-11-9/h2,4,6,8H,3,7H2. The number of halogens is 1. The van der Waals surface area contributed by atoms with E-state index in [0.717, 1.165) is 12.1 Å². The quantitative estimate of drug-likeness (QED) is 0.459. The summed E-state index contributed by atoms with van der Waals surface area (Å²) in [5.41, 5.74) is 0.803. The summed E-state index contributed by atoms with van der Waals surface area (Å²) < 4.78 is 0. The van der Waals surface area contributed by atoms with Gasteiger partial charge in [-0.1, -0.05) is 12.0 Å². The van der Waals surface area contributed by atoms with Crippen molar-refractivity contribution in [3.05, 3.63) is 30.1 Å². The van der Waals surface area contributed by atoms with Gasteiger partial charge in [-0.15, -0.1) is 11.6 Å². The predicted octanol–water partition coefficient (Wildman–Crippen LogP) is 2.06. The van der Waals surface area contributed by atoms with E-state index < -0.39 is 0 Å². The minimum absolute atomic E-state index is 0.583. The lowest BCUT2D eigenvalue weighted by atomic mass is 10.3. The highest BCUT2D eigenvalue weighted by molar-refractivity contribution is 6.18. The first-order valence-electron chi connectivity index (χ1n) is 3.39. The van der Waals surface area contributed by atoms with Crippen LogP contribution in [-0.4, -0.2) is 10.9 Å². The predicted molar refractivity (Wildman–Crippen MR) is 46.5 cm³/mol. The van der Waals surface area contributed by atoms with Crippen LogP contribution in [-0.2, 0) is 0 Å². The summed E-state index contributed by atoms with van der Waals surface area (Å²) in [5.74, 6) is 6.39. The second kappa shape index (κ2) is 4.76. The molecule has 0 saturated heterocycles. The Morgan fingerprint density at radius 1 is 1.45 bits per heavy atom. The Bertz CT molecular complexity index is 258. The summed E-state index contributed by atoms with van der Waals surface area (Å²) in [6.45, 7) is 0. The highest BCUT2D eigenvalue weighted by atomic mass is 35.5. The van der Waals surface area contributed by atoms with E-state index in [4.69, 9.17) is 11.6 Å². The van der Waals surface area contributed by atoms with Crippen molar-refractivity contribution in [2.24, 2.45) is 0 Å². The van der Waals surface area contributed by atoms with Crippen molar-refractivity contribution in [2.75, 3.05) is 5.88 Å². The van der Waals surface area contributed by atoms with Gasteiger partial charge in [-0.2, -0.15) is 0 Å². The van der Waals surface area contributed by atoms with E-state index in [1.165, 1.54) is 0 Å². The number of pyridine rings is 1. The van der Waals surface area contributed by atoms with Gasteiger partial charge in [-0.05, 0) is 18.1 Å². The first-order valence-corrected chi connectivity index (χ1v) is 3.93. The lowest BCUT2D eigenvalue weighted by molar-refractivity contribution is 1.26. The van der Waals surface area contributed by atoms with Gasteiger partial charge in [0.05, 0.1) is 0 Å². The van der Waals surface area contributed by atoms with Crippen LogP contribution >= 0.6 is 11.6 Å². The molecule has 0 radical (unpaired) electrons. The van der Waals surface area contributed by atoms with E-state index in [1.54, 1.807) is 6.20 Å². The van der Waals surface area contributed by atoms with Crippen LogP contribution in [0.25, 0.3) is 0 Å². The number of alkyl halides is 1. The maximum atomic E-state index is 5.44. The van der Waals surface area contributed by atoms with Crippen LogP contribution in [0.3, 0.4) is 0 Å². The molecule has 1 aromatic heterocycles. The van der Waals surface area contributed by atoms with Crippen molar-refractivity contribution in [1.29, 1.82) is 0 Å². The molecule has 1 nitrogen and oxygen atoms in total. The number of aromatic nitrogens is 1. The topological polar surface area (TPSA) is 12.9 Å². The molecule has 11 heavy (non-hydrogen) atoms. The maximum Gasteiger partial charge on any atom is 0.113 e. The van der Waals surface area contributed by atoms with Crippen molar-refractivity contribution in [1.82, 2.24) is 4.98 Å². The molecule has 56 valence electrons. The van der Waals surface area contributed by atoms with Gasteiger partial charge in [-0.25, -0.2) is 4.98 Å². The molecule has 0 bridgehead atoms. The first kappa shape index (κ1) is 8.10. The second-order valence-electron chi connectivity index (χ2n) is 1.96. The van der Waals surface area contributed by atoms with Gasteiger partial charge in [0.15, 0.2) is 0 Å². The highest BCUT2D eigenvalue weighted by Crippen LogP contribution is 1.89. The van der Waals surface area contributed by atoms with Crippen molar-refractivity contribution < 1.29 is 0 Å². The van der Waals surface area contributed by atoms with Crippen LogP contribution in [0.15, 0.2) is 24.4 Å². The Kier molecular flexibility index (Phi) is 3.51. The molecule has 0 unspecified atom stereocenters. The van der Waals surface area contributed by atoms with Gasteiger partial charge in [0.1, 0.15) is 5.69 Å². The monoisotopic (exact) mass is 165 g/mol. The van der Waals surface area contributed by atoms with Crippen LogP contribution in [0.1, 0.15) is 12.1 Å². The van der Waals surface area contributed by atoms with Crippen molar-refractivity contribution in [2.45, 2.75) is 6.42 Å². The molecule has 0 fully saturated rings. The number of rotatable bonds is 1. The Morgan fingerprint density at radius 2 is 2.36 bits per heavy atom. The summed E-state index contributed by atoms with van der Waals surface area (Å²) in [5, 5.41) is 0. The van der Waals surface area contributed by atoms with Crippen LogP contribution in [0.5, 0.6) is 0 Å². The third kappa shape index (κ3) is 3.06. The van der Waals surface area contributed by atoms with E-state index in [2.05, 4.69) is 16.8 Å².